The predicted molar refractivity (Wildman–Crippen MR) is 121 cm³/mol. The smallest absolute Gasteiger partial charge is 0.422 e. The number of hydrogen-bond donors (Lipinski definition) is 1. The average Bonchev–Trinajstić information content (AvgIpc) is 2.79. The second-order valence-corrected chi connectivity index (χ2v) is 8.35. The molecule has 10 heteroatoms. The lowest BCUT2D eigenvalue weighted by Gasteiger charge is -2.36. The van der Waals surface area contributed by atoms with Crippen LogP contribution in [-0.4, -0.2) is 56.1 Å². The van der Waals surface area contributed by atoms with Crippen LogP contribution >= 0.6 is 0 Å². The summed E-state index contributed by atoms with van der Waals surface area (Å²) >= 11 is 0. The van der Waals surface area contributed by atoms with Crippen LogP contribution in [-0.2, 0) is 22.5 Å². The molecular weight excluding hydrogens is 451 g/mol. The first-order chi connectivity index (χ1) is 16.1. The molecule has 2 unspecified atom stereocenters. The number of pyridine rings is 1. The lowest BCUT2D eigenvalue weighted by atomic mass is 10.1. The third kappa shape index (κ3) is 7.79. The molecule has 1 amide bonds. The average molecular weight is 482 g/mol. The van der Waals surface area contributed by atoms with Crippen LogP contribution in [0.5, 0.6) is 11.5 Å². The number of amides is 1. The van der Waals surface area contributed by atoms with Crippen molar-refractivity contribution in [2.45, 2.75) is 51.6 Å². The molecule has 0 radical (unpaired) electrons. The highest BCUT2D eigenvalue weighted by molar-refractivity contribution is 5.76. The van der Waals surface area contributed by atoms with E-state index in [0.29, 0.717) is 13.0 Å². The summed E-state index contributed by atoms with van der Waals surface area (Å²) in [4.78, 5) is 19.0. The molecule has 2 heterocycles. The number of morpholine rings is 1. The molecule has 186 valence electrons. The normalized spacial score (nSPS) is 18.5. The van der Waals surface area contributed by atoms with Crippen LogP contribution in [0.25, 0.3) is 0 Å². The Labute approximate surface area is 197 Å². The van der Waals surface area contributed by atoms with E-state index < -0.39 is 12.8 Å². The zero-order valence-electron chi connectivity index (χ0n) is 19.5. The summed E-state index contributed by atoms with van der Waals surface area (Å²) in [6.45, 7) is 4.61. The molecule has 2 aromatic rings. The summed E-state index contributed by atoms with van der Waals surface area (Å²) in [5, 5.41) is 2.87. The largest absolute Gasteiger partial charge is 0.493 e. The van der Waals surface area contributed by atoms with Crippen molar-refractivity contribution in [1.29, 1.82) is 0 Å². The topological polar surface area (TPSA) is 72.9 Å². The highest BCUT2D eigenvalue weighted by Gasteiger charge is 2.29. The Morgan fingerprint density at radius 1 is 1.15 bits per heavy atom. The molecule has 1 aliphatic rings. The number of hydrogen-bond acceptors (Lipinski definition) is 6. The number of ether oxygens (including phenoxy) is 3. The molecule has 1 N–H and O–H groups in total. The van der Waals surface area contributed by atoms with Gasteiger partial charge in [-0.05, 0) is 49.6 Å². The number of halogens is 3. The zero-order valence-corrected chi connectivity index (χ0v) is 19.5. The van der Waals surface area contributed by atoms with E-state index >= 15 is 0 Å². The number of anilines is 1. The van der Waals surface area contributed by atoms with Gasteiger partial charge in [0.25, 0.3) is 0 Å². The number of nitrogens with zero attached hydrogens (tertiary/aromatic N) is 2. The Morgan fingerprint density at radius 2 is 1.85 bits per heavy atom. The quantitative estimate of drug-likeness (QED) is 0.586. The molecular formula is C24H30F3N3O4. The van der Waals surface area contributed by atoms with Crippen LogP contribution in [0.3, 0.4) is 0 Å². The van der Waals surface area contributed by atoms with E-state index in [-0.39, 0.29) is 36.0 Å². The molecule has 34 heavy (non-hydrogen) atoms. The van der Waals surface area contributed by atoms with Gasteiger partial charge in [0.2, 0.25) is 5.91 Å². The minimum absolute atomic E-state index is 0.00460. The van der Waals surface area contributed by atoms with Crippen molar-refractivity contribution in [2.24, 2.45) is 0 Å². The van der Waals surface area contributed by atoms with Gasteiger partial charge in [0, 0.05) is 32.3 Å². The van der Waals surface area contributed by atoms with Crippen molar-refractivity contribution in [3.63, 3.8) is 0 Å². The number of nitrogens with one attached hydrogen (secondary N) is 1. The van der Waals surface area contributed by atoms with E-state index in [0.717, 1.165) is 30.0 Å². The highest BCUT2D eigenvalue weighted by atomic mass is 19.4. The molecule has 1 fully saturated rings. The van der Waals surface area contributed by atoms with E-state index in [1.165, 1.54) is 13.2 Å². The summed E-state index contributed by atoms with van der Waals surface area (Å²) in [5.74, 6) is 0.937. The monoisotopic (exact) mass is 481 g/mol. The summed E-state index contributed by atoms with van der Waals surface area (Å²) < 4.78 is 52.8. The fourth-order valence-corrected chi connectivity index (χ4v) is 3.77. The van der Waals surface area contributed by atoms with Crippen molar-refractivity contribution < 1.29 is 32.2 Å². The molecule has 0 spiro atoms. The third-order valence-corrected chi connectivity index (χ3v) is 5.30. The zero-order chi connectivity index (χ0) is 24.7. The van der Waals surface area contributed by atoms with Crippen molar-refractivity contribution >= 4 is 11.7 Å². The maximum Gasteiger partial charge on any atom is 0.422 e. The molecule has 7 nitrogen and oxygen atoms in total. The van der Waals surface area contributed by atoms with E-state index in [1.807, 2.05) is 26.0 Å². The van der Waals surface area contributed by atoms with Gasteiger partial charge in [-0.3, -0.25) is 4.79 Å². The SMILES string of the molecule is COc1cc(CCC(=O)NCc2ccc(N3CC(C)OC(C)C3)nc2)ccc1OCC(F)(F)F. The lowest BCUT2D eigenvalue weighted by Crippen LogP contribution is -2.45. The summed E-state index contributed by atoms with van der Waals surface area (Å²) in [6, 6.07) is 8.51. The molecule has 0 saturated carbocycles. The van der Waals surface area contributed by atoms with Crippen LogP contribution in [0, 0.1) is 0 Å². The molecule has 3 rings (SSSR count). The van der Waals surface area contributed by atoms with Crippen LogP contribution in [0.4, 0.5) is 19.0 Å². The molecule has 1 aromatic heterocycles. The van der Waals surface area contributed by atoms with E-state index in [9.17, 15) is 18.0 Å². The third-order valence-electron chi connectivity index (χ3n) is 5.30. The minimum atomic E-state index is -4.43. The first-order valence-electron chi connectivity index (χ1n) is 11.1. The van der Waals surface area contributed by atoms with Crippen LogP contribution in [0.2, 0.25) is 0 Å². The van der Waals surface area contributed by atoms with Gasteiger partial charge >= 0.3 is 6.18 Å². The van der Waals surface area contributed by atoms with Crippen molar-refractivity contribution in [1.82, 2.24) is 10.3 Å². The van der Waals surface area contributed by atoms with E-state index in [1.54, 1.807) is 18.3 Å². The van der Waals surface area contributed by atoms with Crippen molar-refractivity contribution in [3.8, 4) is 11.5 Å². The fourth-order valence-electron chi connectivity index (χ4n) is 3.77. The van der Waals surface area contributed by atoms with Gasteiger partial charge < -0.3 is 24.4 Å². The minimum Gasteiger partial charge on any atom is -0.493 e. The maximum atomic E-state index is 12.4. The Hall–Kier alpha value is -3.01. The number of aryl methyl sites for hydroxylation is 1. The number of carbonyl (C=O) groups is 1. The van der Waals surface area contributed by atoms with Crippen LogP contribution in [0.15, 0.2) is 36.5 Å². The second-order valence-electron chi connectivity index (χ2n) is 8.35. The van der Waals surface area contributed by atoms with Gasteiger partial charge in [0.05, 0.1) is 19.3 Å². The summed E-state index contributed by atoms with van der Waals surface area (Å²) in [5.41, 5.74) is 1.64. The van der Waals surface area contributed by atoms with Gasteiger partial charge in [-0.1, -0.05) is 12.1 Å². The Balaban J connectivity index is 1.46. The number of aromatic nitrogens is 1. The fraction of sp³-hybridized carbons (Fsp3) is 0.500. The van der Waals surface area contributed by atoms with E-state index in [4.69, 9.17) is 14.2 Å². The lowest BCUT2D eigenvalue weighted by molar-refractivity contribution is -0.153. The molecule has 1 aliphatic heterocycles. The van der Waals surface area contributed by atoms with Gasteiger partial charge in [-0.15, -0.1) is 0 Å². The maximum absolute atomic E-state index is 12.4. The van der Waals surface area contributed by atoms with Crippen LogP contribution < -0.4 is 19.7 Å². The highest BCUT2D eigenvalue weighted by Crippen LogP contribution is 2.30. The molecule has 1 saturated heterocycles. The van der Waals surface area contributed by atoms with Crippen LogP contribution in [0.1, 0.15) is 31.4 Å². The number of methoxy groups -OCH3 is 1. The van der Waals surface area contributed by atoms with Crippen molar-refractivity contribution in [2.75, 3.05) is 31.7 Å². The Bertz CT molecular complexity index is 943. The van der Waals surface area contributed by atoms with Gasteiger partial charge in [0.1, 0.15) is 5.82 Å². The molecule has 2 atom stereocenters. The number of carbonyl (C=O) groups excluding carboxylic acids is 1. The Kier molecular flexibility index (Phi) is 8.60. The standard InChI is InChI=1S/C24H30F3N3O4/c1-16-13-30(14-17(2)34-16)22-8-5-19(11-28-22)12-29-23(31)9-6-18-4-7-20(21(10-18)32-3)33-15-24(25,26)27/h4-5,7-8,10-11,16-17H,6,9,12-15H2,1-3H3,(H,29,31). The van der Waals surface area contributed by atoms with Gasteiger partial charge in [-0.2, -0.15) is 13.2 Å². The molecule has 0 aliphatic carbocycles. The van der Waals surface area contributed by atoms with Crippen molar-refractivity contribution in [3.05, 3.63) is 47.7 Å². The molecule has 1 aromatic carbocycles. The second kappa shape index (κ2) is 11.4. The summed E-state index contributed by atoms with van der Waals surface area (Å²) in [6.07, 6.45) is -1.75. The predicted octanol–water partition coefficient (Wildman–Crippen LogP) is 3.89. The van der Waals surface area contributed by atoms with Gasteiger partial charge in [-0.25, -0.2) is 4.98 Å². The van der Waals surface area contributed by atoms with E-state index in [2.05, 4.69) is 15.2 Å². The number of benzene rings is 1. The summed E-state index contributed by atoms with van der Waals surface area (Å²) in [7, 11) is 1.35. The molecule has 0 bridgehead atoms. The number of alkyl halides is 3. The first-order valence-corrected chi connectivity index (χ1v) is 11.1. The van der Waals surface area contributed by atoms with Gasteiger partial charge in [0.15, 0.2) is 18.1 Å². The first kappa shape index (κ1) is 25.6. The number of rotatable bonds is 9. The Morgan fingerprint density at radius 3 is 2.47 bits per heavy atom.